The van der Waals surface area contributed by atoms with Crippen molar-refractivity contribution in [3.63, 3.8) is 0 Å². The molecule has 8 heteroatoms. The molecule has 2 fully saturated rings. The highest BCUT2D eigenvalue weighted by Crippen LogP contribution is 2.36. The third-order valence-electron chi connectivity index (χ3n) is 5.28. The van der Waals surface area contributed by atoms with Crippen molar-refractivity contribution in [3.8, 4) is 5.88 Å². The van der Waals surface area contributed by atoms with Gasteiger partial charge >= 0.3 is 0 Å². The minimum absolute atomic E-state index is 0.0379. The lowest BCUT2D eigenvalue weighted by atomic mass is 9.85. The van der Waals surface area contributed by atoms with E-state index in [1.165, 1.54) is 26.4 Å². The molecule has 1 saturated heterocycles. The number of methoxy groups -OCH3 is 1. The van der Waals surface area contributed by atoms with Gasteiger partial charge in [-0.15, -0.1) is 5.10 Å². The number of likely N-dealkylation sites (tertiary alicyclic amines) is 1. The number of carbonyl (C=O) groups is 1. The summed E-state index contributed by atoms with van der Waals surface area (Å²) in [5.74, 6) is 2.65. The lowest BCUT2D eigenvalue weighted by Crippen LogP contribution is -2.38. The van der Waals surface area contributed by atoms with Gasteiger partial charge in [0.05, 0.1) is 7.11 Å². The normalized spacial score (nSPS) is 19.0. The summed E-state index contributed by atoms with van der Waals surface area (Å²) in [7, 11) is 3.31. The van der Waals surface area contributed by atoms with Gasteiger partial charge in [-0.3, -0.25) is 9.48 Å². The number of amides is 1. The van der Waals surface area contributed by atoms with E-state index in [0.29, 0.717) is 30.5 Å². The Balaban J connectivity index is 1.39. The fourth-order valence-electron chi connectivity index (χ4n) is 3.51. The monoisotopic (exact) mass is 345 g/mol. The van der Waals surface area contributed by atoms with Gasteiger partial charge in [-0.05, 0) is 25.7 Å². The van der Waals surface area contributed by atoms with Crippen LogP contribution in [0, 0.1) is 0 Å². The largest absolute Gasteiger partial charge is 0.479 e. The molecule has 25 heavy (non-hydrogen) atoms. The summed E-state index contributed by atoms with van der Waals surface area (Å²) in [6, 6.07) is 0. The average Bonchev–Trinajstić information content (AvgIpc) is 3.19. The van der Waals surface area contributed by atoms with E-state index >= 15 is 0 Å². The molecule has 0 bridgehead atoms. The molecule has 0 spiro atoms. The first-order chi connectivity index (χ1) is 12.2. The third-order valence-corrected chi connectivity index (χ3v) is 5.28. The van der Waals surface area contributed by atoms with Crippen molar-refractivity contribution in [2.75, 3.05) is 20.2 Å². The van der Waals surface area contributed by atoms with Crippen molar-refractivity contribution in [1.29, 1.82) is 0 Å². The summed E-state index contributed by atoms with van der Waals surface area (Å²) in [5.41, 5.74) is 0.508. The second-order valence-electron chi connectivity index (χ2n) is 6.91. The lowest BCUT2D eigenvalue weighted by molar-refractivity contribution is 0.0701. The standard InChI is InChI=1S/C17H23N5O3/c1-21-10-13(16(19-21)24-2)17(23)22-8-6-12(7-9-22)15-18-14(20-25-15)11-4-3-5-11/h10-12H,3-9H2,1-2H3. The molecule has 0 radical (unpaired) electrons. The van der Waals surface area contributed by atoms with Gasteiger partial charge in [-0.1, -0.05) is 11.6 Å². The highest BCUT2D eigenvalue weighted by molar-refractivity contribution is 5.96. The second-order valence-corrected chi connectivity index (χ2v) is 6.91. The predicted molar refractivity (Wildman–Crippen MR) is 88.5 cm³/mol. The van der Waals surface area contributed by atoms with Crippen LogP contribution in [0.3, 0.4) is 0 Å². The Morgan fingerprint density at radius 3 is 2.64 bits per heavy atom. The summed E-state index contributed by atoms with van der Waals surface area (Å²) in [6.07, 6.45) is 6.96. The Hall–Kier alpha value is -2.38. The summed E-state index contributed by atoms with van der Waals surface area (Å²) < 4.78 is 12.3. The molecule has 0 atom stereocenters. The number of hydrogen-bond acceptors (Lipinski definition) is 6. The van der Waals surface area contributed by atoms with Crippen LogP contribution in [0.15, 0.2) is 10.7 Å². The zero-order valence-electron chi connectivity index (χ0n) is 14.6. The Morgan fingerprint density at radius 2 is 2.00 bits per heavy atom. The molecule has 1 aliphatic carbocycles. The first kappa shape index (κ1) is 16.1. The molecule has 0 unspecified atom stereocenters. The molecule has 2 aliphatic rings. The van der Waals surface area contributed by atoms with Gasteiger partial charge in [0.1, 0.15) is 5.56 Å². The quantitative estimate of drug-likeness (QED) is 0.843. The summed E-state index contributed by atoms with van der Waals surface area (Å²) in [4.78, 5) is 19.2. The fourth-order valence-corrected chi connectivity index (χ4v) is 3.51. The fraction of sp³-hybridized carbons (Fsp3) is 0.647. The molecule has 1 aliphatic heterocycles. The van der Waals surface area contributed by atoms with Crippen molar-refractivity contribution in [1.82, 2.24) is 24.8 Å². The molecular weight excluding hydrogens is 322 g/mol. The van der Waals surface area contributed by atoms with Crippen molar-refractivity contribution >= 4 is 5.91 Å². The van der Waals surface area contributed by atoms with Gasteiger partial charge in [0, 0.05) is 38.2 Å². The molecule has 1 amide bonds. The smallest absolute Gasteiger partial charge is 0.260 e. The Bertz CT molecular complexity index is 756. The van der Waals surface area contributed by atoms with Crippen LogP contribution in [0.25, 0.3) is 0 Å². The van der Waals surface area contributed by atoms with Crippen LogP contribution in [0.4, 0.5) is 0 Å². The van der Waals surface area contributed by atoms with Crippen LogP contribution >= 0.6 is 0 Å². The lowest BCUT2D eigenvalue weighted by Gasteiger charge is -2.30. The van der Waals surface area contributed by atoms with E-state index in [0.717, 1.165) is 24.6 Å². The third kappa shape index (κ3) is 3.01. The molecule has 0 N–H and O–H groups in total. The Morgan fingerprint density at radius 1 is 1.24 bits per heavy atom. The topological polar surface area (TPSA) is 86.3 Å². The molecule has 8 nitrogen and oxygen atoms in total. The SMILES string of the molecule is COc1nn(C)cc1C(=O)N1CCC(c2nc(C3CCC3)no2)CC1. The first-order valence-electron chi connectivity index (χ1n) is 8.86. The molecule has 3 heterocycles. The highest BCUT2D eigenvalue weighted by atomic mass is 16.5. The van der Waals surface area contributed by atoms with Gasteiger partial charge < -0.3 is 14.2 Å². The van der Waals surface area contributed by atoms with E-state index in [1.54, 1.807) is 17.9 Å². The van der Waals surface area contributed by atoms with E-state index < -0.39 is 0 Å². The van der Waals surface area contributed by atoms with Crippen LogP contribution < -0.4 is 4.74 Å². The number of hydrogen-bond donors (Lipinski definition) is 0. The maximum Gasteiger partial charge on any atom is 0.260 e. The molecule has 134 valence electrons. The van der Waals surface area contributed by atoms with Crippen LogP contribution in [0.5, 0.6) is 5.88 Å². The van der Waals surface area contributed by atoms with Gasteiger partial charge in [-0.25, -0.2) is 0 Å². The number of rotatable bonds is 4. The van der Waals surface area contributed by atoms with E-state index in [4.69, 9.17) is 9.26 Å². The number of aryl methyl sites for hydroxylation is 1. The number of carbonyl (C=O) groups excluding carboxylic acids is 1. The maximum atomic E-state index is 12.7. The van der Waals surface area contributed by atoms with Crippen molar-refractivity contribution in [2.24, 2.45) is 7.05 Å². The molecule has 0 aromatic carbocycles. The Kier molecular flexibility index (Phi) is 4.19. The van der Waals surface area contributed by atoms with Crippen LogP contribution in [0.2, 0.25) is 0 Å². The minimum Gasteiger partial charge on any atom is -0.479 e. The van der Waals surface area contributed by atoms with Crippen molar-refractivity contribution < 1.29 is 14.1 Å². The number of ether oxygens (including phenoxy) is 1. The zero-order chi connectivity index (χ0) is 17.4. The molecule has 2 aromatic heterocycles. The second kappa shape index (κ2) is 6.50. The minimum atomic E-state index is -0.0379. The summed E-state index contributed by atoms with van der Waals surface area (Å²) in [6.45, 7) is 1.34. The predicted octanol–water partition coefficient (Wildman–Crippen LogP) is 2.10. The van der Waals surface area contributed by atoms with Gasteiger partial charge in [0.15, 0.2) is 5.82 Å². The van der Waals surface area contributed by atoms with Gasteiger partial charge in [-0.2, -0.15) is 4.98 Å². The van der Waals surface area contributed by atoms with Gasteiger partial charge in [0.25, 0.3) is 5.91 Å². The number of nitrogens with zero attached hydrogens (tertiary/aromatic N) is 5. The van der Waals surface area contributed by atoms with Crippen LogP contribution in [-0.4, -0.2) is 50.9 Å². The average molecular weight is 345 g/mol. The highest BCUT2D eigenvalue weighted by Gasteiger charge is 2.31. The molecule has 2 aromatic rings. The van der Waals surface area contributed by atoms with Crippen molar-refractivity contribution in [3.05, 3.63) is 23.5 Å². The Labute approximate surface area is 146 Å². The summed E-state index contributed by atoms with van der Waals surface area (Å²) in [5, 5.41) is 8.30. The summed E-state index contributed by atoms with van der Waals surface area (Å²) >= 11 is 0. The number of piperidine rings is 1. The van der Waals surface area contributed by atoms with Gasteiger partial charge in [0.2, 0.25) is 11.8 Å². The van der Waals surface area contributed by atoms with E-state index in [9.17, 15) is 4.79 Å². The molecule has 4 rings (SSSR count). The number of aromatic nitrogens is 4. The van der Waals surface area contributed by atoms with E-state index in [2.05, 4.69) is 15.2 Å². The molecule has 1 saturated carbocycles. The van der Waals surface area contributed by atoms with Crippen LogP contribution in [-0.2, 0) is 7.05 Å². The van der Waals surface area contributed by atoms with Crippen molar-refractivity contribution in [2.45, 2.75) is 43.9 Å². The van der Waals surface area contributed by atoms with Crippen LogP contribution in [0.1, 0.15) is 66.0 Å². The van der Waals surface area contributed by atoms with E-state index in [1.807, 2.05) is 4.90 Å². The van der Waals surface area contributed by atoms with E-state index in [-0.39, 0.29) is 11.8 Å². The maximum absolute atomic E-state index is 12.7. The first-order valence-corrected chi connectivity index (χ1v) is 8.86. The molecular formula is C17H23N5O3. The zero-order valence-corrected chi connectivity index (χ0v) is 14.6.